The Balaban J connectivity index is 1.61. The third kappa shape index (κ3) is 2.76. The first-order chi connectivity index (χ1) is 14.6. The highest BCUT2D eigenvalue weighted by Crippen LogP contribution is 2.54. The Kier molecular flexibility index (Phi) is 4.62. The number of carbonyl (C=O) groups is 2. The van der Waals surface area contributed by atoms with Crippen LogP contribution >= 0.6 is 11.8 Å². The molecular weight excluding hydrogens is 398 g/mol. The van der Waals surface area contributed by atoms with Crippen molar-refractivity contribution >= 4 is 29.3 Å². The minimum atomic E-state index is -0.843. The maximum atomic E-state index is 13.5. The molecule has 1 N–H and O–H groups in total. The summed E-state index contributed by atoms with van der Waals surface area (Å²) in [6, 6.07) is 14.6. The lowest BCUT2D eigenvalue weighted by Crippen LogP contribution is -2.42. The summed E-state index contributed by atoms with van der Waals surface area (Å²) >= 11 is 1.64. The standard InChI is InChI=1S/C23H21N3O3S/c1-30-14-16-8-9-19(29-16)21(27)26-12-10-23(20(26)15-5-4-11-24-13-15)17-6-2-3-7-18(17)25-22(23)28/h2-9,11,13,20H,10,12,14H2,1H3,(H,25,28). The van der Waals surface area contributed by atoms with Crippen molar-refractivity contribution in [1.29, 1.82) is 0 Å². The van der Waals surface area contributed by atoms with E-state index < -0.39 is 11.5 Å². The van der Waals surface area contributed by atoms with Crippen molar-refractivity contribution in [3.8, 4) is 0 Å². The lowest BCUT2D eigenvalue weighted by molar-refractivity contribution is -0.121. The summed E-state index contributed by atoms with van der Waals surface area (Å²) in [5.41, 5.74) is 1.74. The highest BCUT2D eigenvalue weighted by Gasteiger charge is 2.59. The number of nitrogens with one attached hydrogen (secondary N) is 1. The first-order valence-corrected chi connectivity index (χ1v) is 11.2. The molecule has 5 rings (SSSR count). The molecular formula is C23H21N3O3S. The van der Waals surface area contributed by atoms with E-state index in [1.165, 1.54) is 0 Å². The monoisotopic (exact) mass is 419 g/mol. The van der Waals surface area contributed by atoms with E-state index in [2.05, 4.69) is 10.3 Å². The number of para-hydroxylation sites is 1. The predicted molar refractivity (Wildman–Crippen MR) is 115 cm³/mol. The molecule has 2 unspecified atom stereocenters. The Hall–Kier alpha value is -3.06. The smallest absolute Gasteiger partial charge is 0.290 e. The van der Waals surface area contributed by atoms with Gasteiger partial charge in [-0.1, -0.05) is 24.3 Å². The van der Waals surface area contributed by atoms with Crippen LogP contribution < -0.4 is 5.32 Å². The van der Waals surface area contributed by atoms with Gasteiger partial charge in [0.15, 0.2) is 5.76 Å². The Labute approximate surface area is 178 Å². The normalized spacial score (nSPS) is 22.4. The summed E-state index contributed by atoms with van der Waals surface area (Å²) in [5, 5.41) is 3.03. The van der Waals surface area contributed by atoms with Crippen molar-refractivity contribution in [2.45, 2.75) is 23.6 Å². The van der Waals surface area contributed by atoms with Crippen LogP contribution in [0.2, 0.25) is 0 Å². The minimum absolute atomic E-state index is 0.0737. The molecule has 1 aromatic carbocycles. The van der Waals surface area contributed by atoms with Gasteiger partial charge in [-0.3, -0.25) is 14.6 Å². The fraction of sp³-hybridized carbons (Fsp3) is 0.261. The van der Waals surface area contributed by atoms with Crippen LogP contribution in [-0.4, -0.2) is 34.5 Å². The zero-order valence-corrected chi connectivity index (χ0v) is 17.3. The molecule has 2 atom stereocenters. The molecule has 2 aromatic heterocycles. The molecule has 2 aliphatic rings. The SMILES string of the molecule is CSCc1ccc(C(=O)N2CCC3(C(=O)Nc4ccccc43)C2c2cccnc2)o1. The van der Waals surface area contributed by atoms with Gasteiger partial charge in [0.05, 0.1) is 11.8 Å². The van der Waals surface area contributed by atoms with Crippen LogP contribution in [0, 0.1) is 0 Å². The number of aromatic nitrogens is 1. The number of rotatable bonds is 4. The third-order valence-electron chi connectivity index (χ3n) is 6.01. The highest BCUT2D eigenvalue weighted by molar-refractivity contribution is 7.97. The number of benzene rings is 1. The van der Waals surface area contributed by atoms with E-state index in [4.69, 9.17) is 4.42 Å². The van der Waals surface area contributed by atoms with Crippen molar-refractivity contribution in [2.24, 2.45) is 0 Å². The summed E-state index contributed by atoms with van der Waals surface area (Å²) in [7, 11) is 0. The number of nitrogens with zero attached hydrogens (tertiary/aromatic N) is 2. The largest absolute Gasteiger partial charge is 0.455 e. The number of pyridine rings is 1. The Morgan fingerprint density at radius 1 is 1.27 bits per heavy atom. The number of carbonyl (C=O) groups excluding carboxylic acids is 2. The van der Waals surface area contributed by atoms with E-state index in [0.29, 0.717) is 24.5 Å². The predicted octanol–water partition coefficient (Wildman–Crippen LogP) is 4.01. The van der Waals surface area contributed by atoms with Crippen molar-refractivity contribution in [1.82, 2.24) is 9.88 Å². The van der Waals surface area contributed by atoms with Crippen LogP contribution in [0.3, 0.4) is 0 Å². The fourth-order valence-corrected chi connectivity index (χ4v) is 5.20. The molecule has 1 spiro atoms. The maximum Gasteiger partial charge on any atom is 0.290 e. The molecule has 6 nitrogen and oxygen atoms in total. The minimum Gasteiger partial charge on any atom is -0.455 e. The molecule has 152 valence electrons. The van der Waals surface area contributed by atoms with Crippen molar-refractivity contribution < 1.29 is 14.0 Å². The molecule has 0 bridgehead atoms. The van der Waals surface area contributed by atoms with E-state index in [1.807, 2.05) is 48.7 Å². The lowest BCUT2D eigenvalue weighted by Gasteiger charge is -2.33. The average Bonchev–Trinajstić information content (AvgIpc) is 3.46. The van der Waals surface area contributed by atoms with Gasteiger partial charge in [-0.2, -0.15) is 11.8 Å². The molecule has 2 amide bonds. The van der Waals surface area contributed by atoms with Crippen LogP contribution in [0.25, 0.3) is 0 Å². The van der Waals surface area contributed by atoms with Crippen LogP contribution in [0.5, 0.6) is 0 Å². The van der Waals surface area contributed by atoms with Crippen molar-refractivity contribution in [3.63, 3.8) is 0 Å². The van der Waals surface area contributed by atoms with Crippen molar-refractivity contribution in [3.05, 3.63) is 83.6 Å². The van der Waals surface area contributed by atoms with Crippen LogP contribution in [0.4, 0.5) is 5.69 Å². The average molecular weight is 420 g/mol. The zero-order valence-electron chi connectivity index (χ0n) is 16.5. The number of likely N-dealkylation sites (tertiary alicyclic amines) is 1. The van der Waals surface area contributed by atoms with E-state index in [1.54, 1.807) is 35.1 Å². The number of anilines is 1. The first-order valence-electron chi connectivity index (χ1n) is 9.84. The van der Waals surface area contributed by atoms with E-state index in [0.717, 1.165) is 22.6 Å². The van der Waals surface area contributed by atoms with Gasteiger partial charge in [-0.05, 0) is 48.1 Å². The van der Waals surface area contributed by atoms with Gasteiger partial charge in [-0.25, -0.2) is 0 Å². The number of fused-ring (bicyclic) bond motifs is 2. The molecule has 4 heterocycles. The second kappa shape index (κ2) is 7.32. The van der Waals surface area contributed by atoms with Gasteiger partial charge in [0, 0.05) is 24.6 Å². The highest BCUT2D eigenvalue weighted by atomic mass is 32.2. The molecule has 7 heteroatoms. The second-order valence-electron chi connectivity index (χ2n) is 7.61. The number of hydrogen-bond donors (Lipinski definition) is 1. The van der Waals surface area contributed by atoms with Gasteiger partial charge in [0.2, 0.25) is 5.91 Å². The molecule has 1 saturated heterocycles. The van der Waals surface area contributed by atoms with Crippen molar-refractivity contribution in [2.75, 3.05) is 18.1 Å². The van der Waals surface area contributed by atoms with Gasteiger partial charge < -0.3 is 14.6 Å². The molecule has 0 radical (unpaired) electrons. The summed E-state index contributed by atoms with van der Waals surface area (Å²) in [6.07, 6.45) is 5.97. The van der Waals surface area contributed by atoms with Gasteiger partial charge in [0.25, 0.3) is 5.91 Å². The van der Waals surface area contributed by atoms with Gasteiger partial charge in [0.1, 0.15) is 11.2 Å². The first kappa shape index (κ1) is 18.9. The van der Waals surface area contributed by atoms with E-state index >= 15 is 0 Å². The number of thioether (sulfide) groups is 1. The van der Waals surface area contributed by atoms with Crippen LogP contribution in [-0.2, 0) is 16.0 Å². The van der Waals surface area contributed by atoms with Crippen LogP contribution in [0.15, 0.2) is 65.3 Å². The molecule has 1 fully saturated rings. The van der Waals surface area contributed by atoms with E-state index in [9.17, 15) is 9.59 Å². The van der Waals surface area contributed by atoms with E-state index in [-0.39, 0.29) is 11.8 Å². The topological polar surface area (TPSA) is 75.4 Å². The Bertz CT molecular complexity index is 1110. The molecule has 30 heavy (non-hydrogen) atoms. The summed E-state index contributed by atoms with van der Waals surface area (Å²) in [6.45, 7) is 0.457. The molecule has 0 aliphatic carbocycles. The zero-order chi connectivity index (χ0) is 20.7. The molecule has 2 aliphatic heterocycles. The summed E-state index contributed by atoms with van der Waals surface area (Å²) in [5.74, 6) is 1.50. The van der Waals surface area contributed by atoms with Gasteiger partial charge >= 0.3 is 0 Å². The second-order valence-corrected chi connectivity index (χ2v) is 8.47. The quantitative estimate of drug-likeness (QED) is 0.691. The third-order valence-corrected chi connectivity index (χ3v) is 6.58. The number of amides is 2. The Morgan fingerprint density at radius 3 is 2.93 bits per heavy atom. The fourth-order valence-electron chi connectivity index (χ4n) is 4.76. The molecule has 3 aromatic rings. The molecule has 0 saturated carbocycles. The summed E-state index contributed by atoms with van der Waals surface area (Å²) in [4.78, 5) is 32.8. The van der Waals surface area contributed by atoms with Crippen LogP contribution in [0.1, 0.15) is 39.9 Å². The number of furan rings is 1. The maximum absolute atomic E-state index is 13.5. The Morgan fingerprint density at radius 2 is 2.13 bits per heavy atom. The van der Waals surface area contributed by atoms with Gasteiger partial charge in [-0.15, -0.1) is 0 Å². The lowest BCUT2D eigenvalue weighted by atomic mass is 9.73. The number of hydrogen-bond acceptors (Lipinski definition) is 5. The summed E-state index contributed by atoms with van der Waals surface area (Å²) < 4.78 is 5.80.